The number of aromatic nitrogens is 2. The Labute approximate surface area is 227 Å². The zero-order valence-corrected chi connectivity index (χ0v) is 23.7. The largest absolute Gasteiger partial charge is 0.469 e. The first kappa shape index (κ1) is 31.2. The van der Waals surface area contributed by atoms with Gasteiger partial charge in [0.2, 0.25) is 5.91 Å². The van der Waals surface area contributed by atoms with Crippen LogP contribution in [-0.2, 0) is 27.8 Å². The highest BCUT2D eigenvalue weighted by Gasteiger charge is 2.16. The Kier molecular flexibility index (Phi) is 14.3. The summed E-state index contributed by atoms with van der Waals surface area (Å²) >= 11 is 0. The summed E-state index contributed by atoms with van der Waals surface area (Å²) < 4.78 is 7.96. The molecule has 0 bridgehead atoms. The number of esters is 1. The summed E-state index contributed by atoms with van der Waals surface area (Å²) in [5, 5.41) is 2.75. The van der Waals surface area contributed by atoms with Gasteiger partial charge in [0.15, 0.2) is 0 Å². The number of amides is 1. The van der Waals surface area contributed by atoms with Gasteiger partial charge in [-0.25, -0.2) is 4.68 Å². The molecule has 0 atom stereocenters. The first-order chi connectivity index (χ1) is 18.4. The average Bonchev–Trinajstić information content (AvgIpc) is 3.13. The van der Waals surface area contributed by atoms with Gasteiger partial charge in [-0.1, -0.05) is 84.0 Å². The van der Waals surface area contributed by atoms with E-state index in [0.29, 0.717) is 17.1 Å². The van der Waals surface area contributed by atoms with Gasteiger partial charge < -0.3 is 15.8 Å². The van der Waals surface area contributed by atoms with Gasteiger partial charge in [0.05, 0.1) is 24.9 Å². The van der Waals surface area contributed by atoms with Crippen molar-refractivity contribution in [2.24, 2.45) is 7.05 Å². The van der Waals surface area contributed by atoms with Crippen molar-refractivity contribution in [2.45, 2.75) is 110 Å². The molecule has 2 aromatic rings. The van der Waals surface area contributed by atoms with E-state index in [9.17, 15) is 14.4 Å². The van der Waals surface area contributed by atoms with Crippen molar-refractivity contribution >= 4 is 23.3 Å². The summed E-state index contributed by atoms with van der Waals surface area (Å²) in [4.78, 5) is 36.1. The lowest BCUT2D eigenvalue weighted by molar-refractivity contribution is -0.141. The zero-order valence-electron chi connectivity index (χ0n) is 23.7. The highest BCUT2D eigenvalue weighted by Crippen LogP contribution is 2.19. The lowest BCUT2D eigenvalue weighted by Crippen LogP contribution is -2.20. The van der Waals surface area contributed by atoms with Crippen molar-refractivity contribution in [3.05, 3.63) is 40.3 Å². The van der Waals surface area contributed by atoms with Crippen LogP contribution in [-0.4, -0.2) is 28.3 Å². The molecule has 8 heteroatoms. The van der Waals surface area contributed by atoms with E-state index in [1.165, 1.54) is 77.7 Å². The van der Waals surface area contributed by atoms with E-state index in [1.807, 2.05) is 11.7 Å². The smallest absolute Gasteiger partial charge is 0.306 e. The van der Waals surface area contributed by atoms with Gasteiger partial charge in [0.1, 0.15) is 5.69 Å². The van der Waals surface area contributed by atoms with E-state index in [0.717, 1.165) is 25.0 Å². The quantitative estimate of drug-likeness (QED) is 0.165. The van der Waals surface area contributed by atoms with Gasteiger partial charge in [-0.15, -0.1) is 0 Å². The van der Waals surface area contributed by atoms with Crippen LogP contribution in [0.4, 0.5) is 11.4 Å². The Hall–Kier alpha value is -3.03. The summed E-state index contributed by atoms with van der Waals surface area (Å²) in [7, 11) is 3.15. The monoisotopic (exact) mass is 528 g/mol. The van der Waals surface area contributed by atoms with Crippen molar-refractivity contribution in [3.8, 4) is 5.69 Å². The molecule has 0 radical (unpaired) electrons. The Morgan fingerprint density at radius 1 is 0.842 bits per heavy atom. The van der Waals surface area contributed by atoms with E-state index in [-0.39, 0.29) is 24.3 Å². The fraction of sp³-hybridized carbons (Fsp3) is 0.633. The summed E-state index contributed by atoms with van der Waals surface area (Å²) in [5.41, 5.74) is 8.40. The van der Waals surface area contributed by atoms with Crippen molar-refractivity contribution in [1.29, 1.82) is 0 Å². The Morgan fingerprint density at radius 2 is 1.37 bits per heavy atom. The minimum absolute atomic E-state index is 0.0282. The number of rotatable bonds is 19. The number of methoxy groups -OCH3 is 1. The third-order valence-electron chi connectivity index (χ3n) is 7.12. The average molecular weight is 529 g/mol. The molecule has 3 N–H and O–H groups in total. The molecule has 212 valence electrons. The number of nitrogens with zero attached hydrogens (tertiary/aromatic N) is 2. The van der Waals surface area contributed by atoms with Gasteiger partial charge in [-0.3, -0.25) is 19.1 Å². The molecule has 8 nitrogen and oxygen atoms in total. The number of nitrogens with two attached hydrogens (primary N) is 1. The van der Waals surface area contributed by atoms with Crippen LogP contribution >= 0.6 is 0 Å². The maximum Gasteiger partial charge on any atom is 0.306 e. The van der Waals surface area contributed by atoms with E-state index in [4.69, 9.17) is 5.73 Å². The molecule has 0 aliphatic heterocycles. The van der Waals surface area contributed by atoms with Crippen LogP contribution in [0.15, 0.2) is 29.1 Å². The minimum Gasteiger partial charge on any atom is -0.469 e. The minimum atomic E-state index is -0.425. The predicted molar refractivity (Wildman–Crippen MR) is 155 cm³/mol. The topological polar surface area (TPSA) is 108 Å². The van der Waals surface area contributed by atoms with E-state index >= 15 is 0 Å². The molecule has 0 unspecified atom stereocenters. The van der Waals surface area contributed by atoms with Crippen LogP contribution in [0, 0.1) is 0 Å². The van der Waals surface area contributed by atoms with Gasteiger partial charge in [-0.05, 0) is 37.1 Å². The number of benzene rings is 1. The molecule has 0 aliphatic carbocycles. The molecule has 1 amide bonds. The van der Waals surface area contributed by atoms with Crippen LogP contribution in [0.5, 0.6) is 0 Å². The summed E-state index contributed by atoms with van der Waals surface area (Å²) in [6.45, 7) is 2.26. The lowest BCUT2D eigenvalue weighted by atomic mass is 10.0. The van der Waals surface area contributed by atoms with Gasteiger partial charge in [0, 0.05) is 19.2 Å². The molecule has 1 heterocycles. The highest BCUT2D eigenvalue weighted by molar-refractivity contribution is 5.92. The number of unbranched alkanes of at least 4 members (excludes halogenated alkanes) is 12. The Balaban J connectivity index is 1.76. The number of nitrogen functional groups attached to an aromatic ring is 1. The Morgan fingerprint density at radius 3 is 1.89 bits per heavy atom. The fourth-order valence-corrected chi connectivity index (χ4v) is 4.79. The summed E-state index contributed by atoms with van der Waals surface area (Å²) in [6, 6.07) is 7.00. The molecular weight excluding hydrogens is 480 g/mol. The van der Waals surface area contributed by atoms with Crippen molar-refractivity contribution in [3.63, 3.8) is 0 Å². The molecule has 1 aromatic heterocycles. The van der Waals surface area contributed by atoms with Gasteiger partial charge in [-0.2, -0.15) is 0 Å². The molecule has 38 heavy (non-hydrogen) atoms. The Bertz CT molecular complexity index is 1040. The van der Waals surface area contributed by atoms with Crippen LogP contribution in [0.3, 0.4) is 0 Å². The number of carbonyl (C=O) groups excluding carboxylic acids is 2. The molecule has 2 rings (SSSR count). The van der Waals surface area contributed by atoms with E-state index in [1.54, 1.807) is 28.9 Å². The summed E-state index contributed by atoms with van der Waals surface area (Å²) in [5.74, 6) is -0.700. The second-order valence-corrected chi connectivity index (χ2v) is 10.2. The number of hydrogen-bond donors (Lipinski definition) is 2. The number of hydrogen-bond acceptors (Lipinski definition) is 5. The fourth-order valence-electron chi connectivity index (χ4n) is 4.79. The molecule has 1 aromatic carbocycles. The highest BCUT2D eigenvalue weighted by atomic mass is 16.5. The van der Waals surface area contributed by atoms with E-state index in [2.05, 4.69) is 17.0 Å². The molecule has 0 saturated carbocycles. The number of nitrogens with one attached hydrogen (secondary N) is 1. The standard InChI is InChI=1S/C30H48N4O4/c1-4-5-6-7-8-9-10-11-12-13-14-15-16-17-26-29(31)30(37)34(33(26)2)25-20-18-24(19-21-25)32-27(35)22-23-28(36)38-3/h18-21H,4-17,22-23,31H2,1-3H3,(H,32,35). The van der Waals surface area contributed by atoms with Crippen LogP contribution < -0.4 is 16.6 Å². The zero-order chi connectivity index (χ0) is 27.8. The van der Waals surface area contributed by atoms with Gasteiger partial charge in [0.25, 0.3) is 5.56 Å². The summed E-state index contributed by atoms with van der Waals surface area (Å²) in [6.07, 6.45) is 17.7. The molecule has 0 saturated heterocycles. The third-order valence-corrected chi connectivity index (χ3v) is 7.12. The predicted octanol–water partition coefficient (Wildman–Crippen LogP) is 6.28. The molecule has 0 aliphatic rings. The molecule has 0 spiro atoms. The maximum absolute atomic E-state index is 12.9. The first-order valence-electron chi connectivity index (χ1n) is 14.4. The first-order valence-corrected chi connectivity index (χ1v) is 14.4. The maximum atomic E-state index is 12.9. The molecule has 0 fully saturated rings. The number of ether oxygens (including phenoxy) is 1. The molecular formula is C30H48N4O4. The number of carbonyl (C=O) groups is 2. The van der Waals surface area contributed by atoms with Crippen molar-refractivity contribution in [1.82, 2.24) is 9.36 Å². The second kappa shape index (κ2) is 17.5. The van der Waals surface area contributed by atoms with Gasteiger partial charge >= 0.3 is 5.97 Å². The third kappa shape index (κ3) is 10.4. The number of anilines is 2. The lowest BCUT2D eigenvalue weighted by Gasteiger charge is -2.11. The van der Waals surface area contributed by atoms with Crippen molar-refractivity contribution < 1.29 is 14.3 Å². The van der Waals surface area contributed by atoms with Crippen LogP contribution in [0.25, 0.3) is 5.69 Å². The normalized spacial score (nSPS) is 11.0. The van der Waals surface area contributed by atoms with Crippen LogP contribution in [0.1, 0.15) is 109 Å². The van der Waals surface area contributed by atoms with Crippen LogP contribution in [0.2, 0.25) is 0 Å². The SMILES string of the molecule is CCCCCCCCCCCCCCCc1c(N)c(=O)n(-c2ccc(NC(=O)CCC(=O)OC)cc2)n1C. The second-order valence-electron chi connectivity index (χ2n) is 10.2. The van der Waals surface area contributed by atoms with E-state index < -0.39 is 5.97 Å². The van der Waals surface area contributed by atoms with Crippen molar-refractivity contribution in [2.75, 3.05) is 18.2 Å².